The summed E-state index contributed by atoms with van der Waals surface area (Å²) in [6.45, 7) is 1.87. The lowest BCUT2D eigenvalue weighted by Crippen LogP contribution is -2.10. The second-order valence-corrected chi connectivity index (χ2v) is 3.97. The van der Waals surface area contributed by atoms with E-state index in [-0.39, 0.29) is 0 Å². The molecule has 0 saturated carbocycles. The highest BCUT2D eigenvalue weighted by Crippen LogP contribution is 2.22. The number of anilines is 1. The van der Waals surface area contributed by atoms with Crippen molar-refractivity contribution in [3.63, 3.8) is 0 Å². The summed E-state index contributed by atoms with van der Waals surface area (Å²) in [4.78, 5) is 0. The number of benzene rings is 2. The summed E-state index contributed by atoms with van der Waals surface area (Å²) in [5, 5.41) is 14.2. The topological polar surface area (TPSA) is 45.0 Å². The molecule has 0 aliphatic heterocycles. The van der Waals surface area contributed by atoms with Gasteiger partial charge >= 0.3 is 0 Å². The van der Waals surface area contributed by atoms with Gasteiger partial charge in [-0.25, -0.2) is 0 Å². The SMILES string of the molecule is N#CCCOCCNc1cccc2ccccc12. The van der Waals surface area contributed by atoms with E-state index in [1.165, 1.54) is 10.8 Å². The molecule has 0 radical (unpaired) electrons. The Morgan fingerprint density at radius 1 is 1.06 bits per heavy atom. The summed E-state index contributed by atoms with van der Waals surface area (Å²) in [6.07, 6.45) is 0.453. The van der Waals surface area contributed by atoms with E-state index < -0.39 is 0 Å². The van der Waals surface area contributed by atoms with Crippen molar-refractivity contribution in [1.82, 2.24) is 0 Å². The maximum atomic E-state index is 8.37. The van der Waals surface area contributed by atoms with Crippen molar-refractivity contribution < 1.29 is 4.74 Å². The van der Waals surface area contributed by atoms with Crippen LogP contribution < -0.4 is 5.32 Å². The van der Waals surface area contributed by atoms with E-state index in [2.05, 4.69) is 35.7 Å². The molecule has 0 heterocycles. The third kappa shape index (κ3) is 3.22. The van der Waals surface area contributed by atoms with Crippen molar-refractivity contribution in [1.29, 1.82) is 5.26 Å². The largest absolute Gasteiger partial charge is 0.382 e. The second kappa shape index (κ2) is 6.63. The lowest BCUT2D eigenvalue weighted by atomic mass is 10.1. The smallest absolute Gasteiger partial charge is 0.0645 e. The predicted molar refractivity (Wildman–Crippen MR) is 73.5 cm³/mol. The highest BCUT2D eigenvalue weighted by Gasteiger charge is 1.98. The molecule has 2 aromatic rings. The second-order valence-electron chi connectivity index (χ2n) is 3.97. The maximum Gasteiger partial charge on any atom is 0.0645 e. The van der Waals surface area contributed by atoms with Crippen LogP contribution in [0.3, 0.4) is 0 Å². The first kappa shape index (κ1) is 12.4. The molecule has 2 aromatic carbocycles. The molecule has 0 aliphatic carbocycles. The van der Waals surface area contributed by atoms with Crippen molar-refractivity contribution in [2.45, 2.75) is 6.42 Å². The standard InChI is InChI=1S/C15H16N2O/c16-9-4-11-18-12-10-17-15-8-3-6-13-5-1-2-7-14(13)15/h1-3,5-8,17H,4,10-12H2. The van der Waals surface area contributed by atoms with Crippen LogP contribution in [0.4, 0.5) is 5.69 Å². The zero-order chi connectivity index (χ0) is 12.6. The normalized spacial score (nSPS) is 10.2. The zero-order valence-corrected chi connectivity index (χ0v) is 10.2. The molecule has 2 rings (SSSR count). The molecule has 18 heavy (non-hydrogen) atoms. The van der Waals surface area contributed by atoms with E-state index in [4.69, 9.17) is 10.00 Å². The number of hydrogen-bond acceptors (Lipinski definition) is 3. The number of fused-ring (bicyclic) bond motifs is 1. The summed E-state index contributed by atoms with van der Waals surface area (Å²) < 4.78 is 5.32. The molecule has 0 aromatic heterocycles. The Balaban J connectivity index is 1.90. The van der Waals surface area contributed by atoms with Crippen molar-refractivity contribution in [2.24, 2.45) is 0 Å². The van der Waals surface area contributed by atoms with Gasteiger partial charge < -0.3 is 10.1 Å². The molecule has 3 heteroatoms. The van der Waals surface area contributed by atoms with Crippen LogP contribution in [0.25, 0.3) is 10.8 Å². The van der Waals surface area contributed by atoms with Crippen LogP contribution in [0.5, 0.6) is 0 Å². The van der Waals surface area contributed by atoms with Crippen molar-refractivity contribution in [3.05, 3.63) is 42.5 Å². The summed E-state index contributed by atoms with van der Waals surface area (Å²) in [6, 6.07) is 16.6. The van der Waals surface area contributed by atoms with Gasteiger partial charge in [-0.3, -0.25) is 0 Å². The number of nitrogens with one attached hydrogen (secondary N) is 1. The minimum Gasteiger partial charge on any atom is -0.382 e. The molecular weight excluding hydrogens is 224 g/mol. The average molecular weight is 240 g/mol. The van der Waals surface area contributed by atoms with Gasteiger partial charge in [-0.05, 0) is 11.5 Å². The van der Waals surface area contributed by atoms with Crippen LogP contribution in [0.2, 0.25) is 0 Å². The van der Waals surface area contributed by atoms with E-state index in [0.717, 1.165) is 12.2 Å². The summed E-state index contributed by atoms with van der Waals surface area (Å²) in [5.74, 6) is 0. The molecule has 0 unspecified atom stereocenters. The zero-order valence-electron chi connectivity index (χ0n) is 10.2. The van der Waals surface area contributed by atoms with Gasteiger partial charge in [0.1, 0.15) is 0 Å². The van der Waals surface area contributed by atoms with Crippen LogP contribution in [0.15, 0.2) is 42.5 Å². The van der Waals surface area contributed by atoms with E-state index in [1.54, 1.807) is 0 Å². The summed E-state index contributed by atoms with van der Waals surface area (Å²) in [5.41, 5.74) is 1.12. The van der Waals surface area contributed by atoms with Gasteiger partial charge in [0, 0.05) is 17.6 Å². The Kier molecular flexibility index (Phi) is 4.57. The van der Waals surface area contributed by atoms with Crippen LogP contribution >= 0.6 is 0 Å². The van der Waals surface area contributed by atoms with E-state index in [9.17, 15) is 0 Å². The van der Waals surface area contributed by atoms with Gasteiger partial charge in [0.25, 0.3) is 0 Å². The fourth-order valence-electron chi connectivity index (χ4n) is 1.86. The molecule has 92 valence electrons. The third-order valence-electron chi connectivity index (χ3n) is 2.71. The molecule has 0 aliphatic rings. The van der Waals surface area contributed by atoms with Crippen molar-refractivity contribution in [2.75, 3.05) is 25.1 Å². The van der Waals surface area contributed by atoms with Crippen LogP contribution in [0.1, 0.15) is 6.42 Å². The molecule has 0 spiro atoms. The first-order chi connectivity index (χ1) is 8.92. The fourth-order valence-corrected chi connectivity index (χ4v) is 1.86. The Hall–Kier alpha value is -2.05. The maximum absolute atomic E-state index is 8.37. The fraction of sp³-hybridized carbons (Fsp3) is 0.267. The van der Waals surface area contributed by atoms with Gasteiger partial charge in [-0.2, -0.15) is 5.26 Å². The van der Waals surface area contributed by atoms with Crippen molar-refractivity contribution in [3.8, 4) is 6.07 Å². The monoisotopic (exact) mass is 240 g/mol. The Bertz CT molecular complexity index is 540. The molecular formula is C15H16N2O. The minimum absolute atomic E-state index is 0.453. The third-order valence-corrected chi connectivity index (χ3v) is 2.71. The molecule has 0 amide bonds. The molecule has 1 N–H and O–H groups in total. The minimum atomic E-state index is 0.453. The summed E-state index contributed by atoms with van der Waals surface area (Å²) >= 11 is 0. The number of hydrogen-bond donors (Lipinski definition) is 1. The average Bonchev–Trinajstić information content (AvgIpc) is 2.43. The first-order valence-electron chi connectivity index (χ1n) is 6.08. The first-order valence-corrected chi connectivity index (χ1v) is 6.08. The quantitative estimate of drug-likeness (QED) is 0.789. The van der Waals surface area contributed by atoms with Crippen LogP contribution in [-0.2, 0) is 4.74 Å². The van der Waals surface area contributed by atoms with Crippen LogP contribution in [-0.4, -0.2) is 19.8 Å². The van der Waals surface area contributed by atoms with E-state index in [0.29, 0.717) is 19.6 Å². The van der Waals surface area contributed by atoms with Gasteiger partial charge in [-0.1, -0.05) is 36.4 Å². The molecule has 0 saturated heterocycles. The number of nitriles is 1. The molecule has 3 nitrogen and oxygen atoms in total. The van der Waals surface area contributed by atoms with Gasteiger partial charge in [-0.15, -0.1) is 0 Å². The number of ether oxygens (including phenoxy) is 1. The van der Waals surface area contributed by atoms with Gasteiger partial charge in [0.15, 0.2) is 0 Å². The number of rotatable bonds is 6. The Labute approximate surface area is 107 Å². The highest BCUT2D eigenvalue weighted by molar-refractivity contribution is 5.93. The number of nitrogens with zero attached hydrogens (tertiary/aromatic N) is 1. The van der Waals surface area contributed by atoms with E-state index >= 15 is 0 Å². The lowest BCUT2D eigenvalue weighted by Gasteiger charge is -2.09. The predicted octanol–water partition coefficient (Wildman–Crippen LogP) is 3.18. The van der Waals surface area contributed by atoms with E-state index in [1.807, 2.05) is 18.2 Å². The molecule has 0 atom stereocenters. The molecule has 0 bridgehead atoms. The molecule has 0 fully saturated rings. The van der Waals surface area contributed by atoms with Gasteiger partial charge in [0.05, 0.1) is 25.7 Å². The Morgan fingerprint density at radius 3 is 2.78 bits per heavy atom. The van der Waals surface area contributed by atoms with Gasteiger partial charge in [0.2, 0.25) is 0 Å². The Morgan fingerprint density at radius 2 is 1.89 bits per heavy atom. The van der Waals surface area contributed by atoms with Crippen molar-refractivity contribution >= 4 is 16.5 Å². The van der Waals surface area contributed by atoms with Crippen LogP contribution in [0, 0.1) is 11.3 Å². The summed E-state index contributed by atoms with van der Waals surface area (Å²) in [7, 11) is 0. The lowest BCUT2D eigenvalue weighted by molar-refractivity contribution is 0.150. The highest BCUT2D eigenvalue weighted by atomic mass is 16.5.